The molecule has 0 bridgehead atoms. The predicted molar refractivity (Wildman–Crippen MR) is 87.9 cm³/mol. The maximum Gasteiger partial charge on any atom is 0.422 e. The maximum atomic E-state index is 12.7. The fraction of sp³-hybridized carbons (Fsp3) is 0.294. The van der Waals surface area contributed by atoms with E-state index in [4.69, 9.17) is 20.8 Å². The zero-order chi connectivity index (χ0) is 17.2. The summed E-state index contributed by atoms with van der Waals surface area (Å²) in [6, 6.07) is 7.95. The van der Waals surface area contributed by atoms with E-state index in [-0.39, 0.29) is 5.76 Å². The SMILES string of the molecule is Cc1cc(Cl)ccc1N(C(=O)OC(C)(C)C)C(=O)c1ccco1. The third kappa shape index (κ3) is 4.13. The van der Waals surface area contributed by atoms with Crippen LogP contribution in [0.1, 0.15) is 36.9 Å². The van der Waals surface area contributed by atoms with Gasteiger partial charge in [0.25, 0.3) is 0 Å². The smallest absolute Gasteiger partial charge is 0.422 e. The summed E-state index contributed by atoms with van der Waals surface area (Å²) in [5.74, 6) is -0.556. The van der Waals surface area contributed by atoms with E-state index in [0.717, 1.165) is 4.90 Å². The second-order valence-electron chi connectivity index (χ2n) is 6.03. The summed E-state index contributed by atoms with van der Waals surface area (Å²) in [4.78, 5) is 26.2. The van der Waals surface area contributed by atoms with Gasteiger partial charge < -0.3 is 9.15 Å². The van der Waals surface area contributed by atoms with Crippen LogP contribution in [0.4, 0.5) is 10.5 Å². The molecule has 0 fully saturated rings. The fourth-order valence-corrected chi connectivity index (χ4v) is 2.21. The number of halogens is 1. The zero-order valence-electron chi connectivity index (χ0n) is 13.4. The van der Waals surface area contributed by atoms with Crippen molar-refractivity contribution in [3.63, 3.8) is 0 Å². The third-order valence-electron chi connectivity index (χ3n) is 2.91. The van der Waals surface area contributed by atoms with Crippen molar-refractivity contribution in [2.45, 2.75) is 33.3 Å². The first-order chi connectivity index (χ1) is 10.7. The molecule has 0 N–H and O–H groups in total. The average Bonchev–Trinajstić information content (AvgIpc) is 2.93. The standard InChI is InChI=1S/C17H18ClNO4/c1-11-10-12(18)7-8-13(11)19(16(21)23-17(2,3)4)15(20)14-6-5-9-22-14/h5-10H,1-4H3. The Morgan fingerprint density at radius 3 is 2.43 bits per heavy atom. The van der Waals surface area contributed by atoms with Gasteiger partial charge in [-0.3, -0.25) is 4.79 Å². The lowest BCUT2D eigenvalue weighted by Gasteiger charge is -2.26. The van der Waals surface area contributed by atoms with E-state index < -0.39 is 17.6 Å². The molecule has 2 rings (SSSR count). The number of nitrogens with zero attached hydrogens (tertiary/aromatic N) is 1. The fourth-order valence-electron chi connectivity index (χ4n) is 1.98. The number of benzene rings is 1. The number of hydrogen-bond acceptors (Lipinski definition) is 4. The first-order valence-corrected chi connectivity index (χ1v) is 7.44. The molecule has 5 nitrogen and oxygen atoms in total. The summed E-state index contributed by atoms with van der Waals surface area (Å²) >= 11 is 5.95. The van der Waals surface area contributed by atoms with Gasteiger partial charge in [-0.25, -0.2) is 9.69 Å². The molecule has 1 aromatic carbocycles. The molecule has 0 saturated carbocycles. The Bertz CT molecular complexity index is 717. The highest BCUT2D eigenvalue weighted by atomic mass is 35.5. The van der Waals surface area contributed by atoms with Crippen molar-refractivity contribution < 1.29 is 18.7 Å². The van der Waals surface area contributed by atoms with Crippen LogP contribution in [0.15, 0.2) is 41.0 Å². The molecular formula is C17H18ClNO4. The Morgan fingerprint density at radius 1 is 1.22 bits per heavy atom. The van der Waals surface area contributed by atoms with Crippen molar-refractivity contribution in [2.24, 2.45) is 0 Å². The average molecular weight is 336 g/mol. The Hall–Kier alpha value is -2.27. The van der Waals surface area contributed by atoms with Crippen molar-refractivity contribution >= 4 is 29.3 Å². The van der Waals surface area contributed by atoms with Gasteiger partial charge >= 0.3 is 12.0 Å². The second-order valence-corrected chi connectivity index (χ2v) is 6.47. The first kappa shape index (κ1) is 17.1. The molecule has 122 valence electrons. The van der Waals surface area contributed by atoms with Crippen molar-refractivity contribution in [3.8, 4) is 0 Å². The van der Waals surface area contributed by atoms with Crippen molar-refractivity contribution in [2.75, 3.05) is 4.90 Å². The number of imide groups is 1. The highest BCUT2D eigenvalue weighted by Crippen LogP contribution is 2.27. The molecule has 0 radical (unpaired) electrons. The number of hydrogen-bond donors (Lipinski definition) is 0. The number of rotatable bonds is 2. The van der Waals surface area contributed by atoms with Gasteiger partial charge in [0.1, 0.15) is 5.60 Å². The molecule has 1 aromatic heterocycles. The zero-order valence-corrected chi connectivity index (χ0v) is 14.2. The van der Waals surface area contributed by atoms with Crippen LogP contribution in [-0.2, 0) is 4.74 Å². The first-order valence-electron chi connectivity index (χ1n) is 7.06. The van der Waals surface area contributed by atoms with E-state index in [1.807, 2.05) is 0 Å². The molecule has 0 saturated heterocycles. The molecule has 0 spiro atoms. The molecule has 23 heavy (non-hydrogen) atoms. The maximum absolute atomic E-state index is 12.7. The van der Waals surface area contributed by atoms with Crippen LogP contribution in [0, 0.1) is 6.92 Å². The number of anilines is 1. The molecule has 2 amide bonds. The van der Waals surface area contributed by atoms with Gasteiger partial charge in [-0.05, 0) is 63.6 Å². The molecule has 0 aliphatic carbocycles. The normalized spacial score (nSPS) is 11.2. The lowest BCUT2D eigenvalue weighted by Crippen LogP contribution is -2.41. The Kier molecular flexibility index (Phi) is 4.80. The van der Waals surface area contributed by atoms with Gasteiger partial charge in [-0.1, -0.05) is 11.6 Å². The molecular weight excluding hydrogens is 318 g/mol. The quantitative estimate of drug-likeness (QED) is 0.789. The predicted octanol–water partition coefficient (Wildman–Crippen LogP) is 4.82. The largest absolute Gasteiger partial charge is 0.459 e. The number of amides is 2. The molecule has 0 aliphatic rings. The van der Waals surface area contributed by atoms with Crippen LogP contribution in [0.2, 0.25) is 5.02 Å². The number of furan rings is 1. The van der Waals surface area contributed by atoms with Gasteiger partial charge in [-0.2, -0.15) is 0 Å². The lowest BCUT2D eigenvalue weighted by molar-refractivity contribution is 0.0560. The number of ether oxygens (including phenoxy) is 1. The minimum atomic E-state index is -0.774. The van der Waals surface area contributed by atoms with Crippen LogP contribution in [-0.4, -0.2) is 17.6 Å². The van der Waals surface area contributed by atoms with Gasteiger partial charge in [0.05, 0.1) is 12.0 Å². The van der Waals surface area contributed by atoms with Gasteiger partial charge in [0.15, 0.2) is 5.76 Å². The lowest BCUT2D eigenvalue weighted by atomic mass is 10.1. The molecule has 0 atom stereocenters. The van der Waals surface area contributed by atoms with Crippen LogP contribution < -0.4 is 4.90 Å². The number of carbonyl (C=O) groups is 2. The molecule has 0 aliphatic heterocycles. The van der Waals surface area contributed by atoms with E-state index in [1.165, 1.54) is 12.3 Å². The highest BCUT2D eigenvalue weighted by Gasteiger charge is 2.31. The summed E-state index contributed by atoms with van der Waals surface area (Å²) in [6.45, 7) is 6.95. The van der Waals surface area contributed by atoms with Crippen LogP contribution >= 0.6 is 11.6 Å². The number of carbonyl (C=O) groups excluding carboxylic acids is 2. The Morgan fingerprint density at radius 2 is 1.91 bits per heavy atom. The van der Waals surface area contributed by atoms with Crippen LogP contribution in [0.25, 0.3) is 0 Å². The van der Waals surface area contributed by atoms with Gasteiger partial charge in [-0.15, -0.1) is 0 Å². The molecule has 0 unspecified atom stereocenters. The topological polar surface area (TPSA) is 59.8 Å². The minimum absolute atomic E-state index is 0.0465. The van der Waals surface area contributed by atoms with Crippen molar-refractivity contribution in [1.82, 2.24) is 0 Å². The Balaban J connectivity index is 2.46. The molecule has 6 heteroatoms. The van der Waals surface area contributed by atoms with Crippen LogP contribution in [0.5, 0.6) is 0 Å². The van der Waals surface area contributed by atoms with Crippen LogP contribution in [0.3, 0.4) is 0 Å². The van der Waals surface area contributed by atoms with Gasteiger partial charge in [0, 0.05) is 5.02 Å². The highest BCUT2D eigenvalue weighted by molar-refractivity contribution is 6.31. The van der Waals surface area contributed by atoms with Gasteiger partial charge in [0.2, 0.25) is 0 Å². The van der Waals surface area contributed by atoms with E-state index in [1.54, 1.807) is 52.0 Å². The summed E-state index contributed by atoms with van der Waals surface area (Å²) in [7, 11) is 0. The number of aryl methyl sites for hydroxylation is 1. The summed E-state index contributed by atoms with van der Waals surface area (Å²) in [6.07, 6.45) is 0.596. The third-order valence-corrected chi connectivity index (χ3v) is 3.15. The molecule has 1 heterocycles. The second kappa shape index (κ2) is 6.46. The van der Waals surface area contributed by atoms with E-state index in [9.17, 15) is 9.59 Å². The Labute approximate surface area is 139 Å². The summed E-state index contributed by atoms with van der Waals surface area (Å²) in [5, 5.41) is 0.515. The van der Waals surface area contributed by atoms with E-state index in [0.29, 0.717) is 16.3 Å². The van der Waals surface area contributed by atoms with Crippen molar-refractivity contribution in [3.05, 3.63) is 52.9 Å². The minimum Gasteiger partial charge on any atom is -0.459 e. The summed E-state index contributed by atoms with van der Waals surface area (Å²) < 4.78 is 10.5. The van der Waals surface area contributed by atoms with Crippen molar-refractivity contribution in [1.29, 1.82) is 0 Å². The summed E-state index contributed by atoms with van der Waals surface area (Å²) in [5.41, 5.74) is 0.326. The molecule has 2 aromatic rings. The monoisotopic (exact) mass is 335 g/mol. The van der Waals surface area contributed by atoms with E-state index in [2.05, 4.69) is 0 Å². The van der Waals surface area contributed by atoms with E-state index >= 15 is 0 Å².